The molecule has 0 aromatic heterocycles. The molecule has 1 aliphatic carbocycles. The first-order valence-corrected chi connectivity index (χ1v) is 6.72. The Hall–Kier alpha value is -1.02. The first-order valence-electron chi connectivity index (χ1n) is 6.72. The minimum absolute atomic E-state index is 0.0440. The molecule has 1 aromatic carbocycles. The summed E-state index contributed by atoms with van der Waals surface area (Å²) in [5.74, 6) is 0.978. The Morgan fingerprint density at radius 2 is 2.06 bits per heavy atom. The van der Waals surface area contributed by atoms with Crippen molar-refractivity contribution in [2.45, 2.75) is 51.0 Å². The monoisotopic (exact) mass is 233 g/mol. The second-order valence-electron chi connectivity index (χ2n) is 5.17. The van der Waals surface area contributed by atoms with Gasteiger partial charge in [-0.25, -0.2) is 0 Å². The second kappa shape index (κ2) is 5.54. The van der Waals surface area contributed by atoms with Crippen LogP contribution in [0.5, 0.6) is 5.75 Å². The molecule has 0 spiro atoms. The van der Waals surface area contributed by atoms with Gasteiger partial charge in [-0.05, 0) is 43.4 Å². The Labute approximate surface area is 104 Å². The molecular weight excluding hydrogens is 210 g/mol. The van der Waals surface area contributed by atoms with Gasteiger partial charge in [-0.2, -0.15) is 0 Å². The lowest BCUT2D eigenvalue weighted by Gasteiger charge is -2.23. The predicted molar refractivity (Wildman–Crippen MR) is 71.3 cm³/mol. The minimum atomic E-state index is 0.0440. The predicted octanol–water partition coefficient (Wildman–Crippen LogP) is 3.29. The summed E-state index contributed by atoms with van der Waals surface area (Å²) in [6, 6.07) is 8.34. The molecule has 0 unspecified atom stereocenters. The Morgan fingerprint density at radius 1 is 1.29 bits per heavy atom. The number of benzene rings is 1. The van der Waals surface area contributed by atoms with Crippen LogP contribution in [0.25, 0.3) is 0 Å². The maximum Gasteiger partial charge on any atom is 0.119 e. The fourth-order valence-electron chi connectivity index (χ4n) is 2.56. The summed E-state index contributed by atoms with van der Waals surface area (Å²) in [7, 11) is 0. The van der Waals surface area contributed by atoms with Gasteiger partial charge >= 0.3 is 0 Å². The summed E-state index contributed by atoms with van der Waals surface area (Å²) < 4.78 is 5.80. The van der Waals surface area contributed by atoms with Crippen LogP contribution in [0.2, 0.25) is 0 Å². The standard InChI is InChI=1S/C15H23NO/c1-2-13-6-5-7-14(12-13)17-11-10-15(16)8-3-4-9-15/h5-7,12H,2-4,8-11,16H2,1H3. The van der Waals surface area contributed by atoms with Gasteiger partial charge in [0.05, 0.1) is 6.61 Å². The van der Waals surface area contributed by atoms with Crippen LogP contribution in [0, 0.1) is 0 Å². The zero-order valence-electron chi connectivity index (χ0n) is 10.7. The van der Waals surface area contributed by atoms with E-state index in [9.17, 15) is 0 Å². The van der Waals surface area contributed by atoms with Gasteiger partial charge in [-0.3, -0.25) is 0 Å². The van der Waals surface area contributed by atoms with E-state index in [1.165, 1.54) is 18.4 Å². The molecular formula is C15H23NO. The third kappa shape index (κ3) is 3.47. The van der Waals surface area contributed by atoms with Crippen molar-refractivity contribution >= 4 is 0 Å². The topological polar surface area (TPSA) is 35.2 Å². The summed E-state index contributed by atoms with van der Waals surface area (Å²) in [4.78, 5) is 0. The van der Waals surface area contributed by atoms with E-state index in [-0.39, 0.29) is 5.54 Å². The van der Waals surface area contributed by atoms with Crippen molar-refractivity contribution in [2.24, 2.45) is 5.73 Å². The lowest BCUT2D eigenvalue weighted by atomic mass is 9.95. The van der Waals surface area contributed by atoms with Crippen LogP contribution < -0.4 is 10.5 Å². The molecule has 1 aliphatic rings. The summed E-state index contributed by atoms with van der Waals surface area (Å²) in [5.41, 5.74) is 7.67. The highest BCUT2D eigenvalue weighted by Crippen LogP contribution is 2.30. The lowest BCUT2D eigenvalue weighted by Crippen LogP contribution is -2.37. The third-order valence-corrected chi connectivity index (χ3v) is 3.77. The molecule has 1 aromatic rings. The SMILES string of the molecule is CCc1cccc(OCCC2(N)CCCC2)c1. The van der Waals surface area contributed by atoms with Crippen LogP contribution in [0.3, 0.4) is 0 Å². The van der Waals surface area contributed by atoms with Crippen molar-refractivity contribution in [1.82, 2.24) is 0 Å². The fraction of sp³-hybridized carbons (Fsp3) is 0.600. The Morgan fingerprint density at radius 3 is 2.76 bits per heavy atom. The van der Waals surface area contributed by atoms with Gasteiger partial charge in [-0.1, -0.05) is 31.9 Å². The van der Waals surface area contributed by atoms with Crippen molar-refractivity contribution in [3.8, 4) is 5.75 Å². The molecule has 0 amide bonds. The Balaban J connectivity index is 1.81. The van der Waals surface area contributed by atoms with Crippen molar-refractivity contribution in [2.75, 3.05) is 6.61 Å². The van der Waals surface area contributed by atoms with Gasteiger partial charge in [0.2, 0.25) is 0 Å². The summed E-state index contributed by atoms with van der Waals surface area (Å²) in [6.07, 6.45) is 6.90. The molecule has 1 saturated carbocycles. The van der Waals surface area contributed by atoms with E-state index in [0.717, 1.165) is 38.0 Å². The van der Waals surface area contributed by atoms with Crippen LogP contribution in [-0.4, -0.2) is 12.1 Å². The molecule has 2 rings (SSSR count). The van der Waals surface area contributed by atoms with Gasteiger partial charge in [0.25, 0.3) is 0 Å². The van der Waals surface area contributed by atoms with Gasteiger partial charge in [0.1, 0.15) is 5.75 Å². The number of aryl methyl sites for hydroxylation is 1. The third-order valence-electron chi connectivity index (χ3n) is 3.77. The van der Waals surface area contributed by atoms with Crippen molar-refractivity contribution in [1.29, 1.82) is 0 Å². The summed E-state index contributed by atoms with van der Waals surface area (Å²) in [5, 5.41) is 0. The van der Waals surface area contributed by atoms with Gasteiger partial charge in [0.15, 0.2) is 0 Å². The van der Waals surface area contributed by atoms with Gasteiger partial charge in [0, 0.05) is 5.54 Å². The van der Waals surface area contributed by atoms with E-state index < -0.39 is 0 Å². The van der Waals surface area contributed by atoms with Crippen LogP contribution in [-0.2, 0) is 6.42 Å². The highest BCUT2D eigenvalue weighted by molar-refractivity contribution is 5.28. The molecule has 2 N–H and O–H groups in total. The zero-order chi connectivity index (χ0) is 12.1. The van der Waals surface area contributed by atoms with Crippen LogP contribution in [0.4, 0.5) is 0 Å². The van der Waals surface area contributed by atoms with Crippen LogP contribution in [0.1, 0.15) is 44.6 Å². The smallest absolute Gasteiger partial charge is 0.119 e. The number of ether oxygens (including phenoxy) is 1. The zero-order valence-corrected chi connectivity index (χ0v) is 10.7. The molecule has 0 aliphatic heterocycles. The van der Waals surface area contributed by atoms with Crippen molar-refractivity contribution in [3.63, 3.8) is 0 Å². The van der Waals surface area contributed by atoms with E-state index in [0.29, 0.717) is 0 Å². The van der Waals surface area contributed by atoms with Crippen molar-refractivity contribution < 1.29 is 4.74 Å². The Kier molecular flexibility index (Phi) is 4.06. The van der Waals surface area contributed by atoms with E-state index >= 15 is 0 Å². The van der Waals surface area contributed by atoms with Gasteiger partial charge in [-0.15, -0.1) is 0 Å². The summed E-state index contributed by atoms with van der Waals surface area (Å²) >= 11 is 0. The first kappa shape index (κ1) is 12.4. The molecule has 0 bridgehead atoms. The quantitative estimate of drug-likeness (QED) is 0.847. The second-order valence-corrected chi connectivity index (χ2v) is 5.17. The van der Waals surface area contributed by atoms with E-state index in [1.807, 2.05) is 6.07 Å². The molecule has 0 saturated heterocycles. The molecule has 0 atom stereocenters. The van der Waals surface area contributed by atoms with Gasteiger partial charge < -0.3 is 10.5 Å². The molecule has 17 heavy (non-hydrogen) atoms. The molecule has 94 valence electrons. The van der Waals surface area contributed by atoms with Crippen LogP contribution >= 0.6 is 0 Å². The van der Waals surface area contributed by atoms with E-state index in [2.05, 4.69) is 25.1 Å². The average molecular weight is 233 g/mol. The number of rotatable bonds is 5. The largest absolute Gasteiger partial charge is 0.494 e. The minimum Gasteiger partial charge on any atom is -0.494 e. The maximum atomic E-state index is 6.30. The van der Waals surface area contributed by atoms with Crippen LogP contribution in [0.15, 0.2) is 24.3 Å². The number of nitrogens with two attached hydrogens (primary N) is 1. The van der Waals surface area contributed by atoms with E-state index in [1.54, 1.807) is 0 Å². The fourth-order valence-corrected chi connectivity index (χ4v) is 2.56. The highest BCUT2D eigenvalue weighted by atomic mass is 16.5. The molecule has 2 nitrogen and oxygen atoms in total. The number of hydrogen-bond acceptors (Lipinski definition) is 2. The maximum absolute atomic E-state index is 6.30. The summed E-state index contributed by atoms with van der Waals surface area (Å²) in [6.45, 7) is 2.90. The molecule has 0 heterocycles. The molecule has 1 fully saturated rings. The first-order chi connectivity index (χ1) is 8.22. The highest BCUT2D eigenvalue weighted by Gasteiger charge is 2.28. The average Bonchev–Trinajstić information content (AvgIpc) is 2.77. The molecule has 2 heteroatoms. The van der Waals surface area contributed by atoms with E-state index in [4.69, 9.17) is 10.5 Å². The number of hydrogen-bond donors (Lipinski definition) is 1. The Bertz CT molecular complexity index is 356. The molecule has 0 radical (unpaired) electrons. The van der Waals surface area contributed by atoms with Crippen molar-refractivity contribution in [3.05, 3.63) is 29.8 Å². The normalized spacial score (nSPS) is 18.2. The lowest BCUT2D eigenvalue weighted by molar-refractivity contribution is 0.258.